The molecule has 0 unspecified atom stereocenters. The third kappa shape index (κ3) is 6.07. The summed E-state index contributed by atoms with van der Waals surface area (Å²) in [6.45, 7) is 8.97. The maximum Gasteiger partial charge on any atom is 0.253 e. The van der Waals surface area contributed by atoms with Crippen LogP contribution in [0.3, 0.4) is 0 Å². The largest absolute Gasteiger partial charge is 0.371 e. The first kappa shape index (κ1) is 21.4. The van der Waals surface area contributed by atoms with Gasteiger partial charge in [0.05, 0.1) is 12.0 Å². The molecule has 1 saturated heterocycles. The topological polar surface area (TPSA) is 61.4 Å². The molecule has 156 valence electrons. The summed E-state index contributed by atoms with van der Waals surface area (Å²) in [6.07, 6.45) is 2.61. The van der Waals surface area contributed by atoms with Gasteiger partial charge in [0.2, 0.25) is 5.91 Å². The number of anilines is 2. The van der Waals surface area contributed by atoms with Crippen LogP contribution in [-0.4, -0.2) is 31.4 Å². The van der Waals surface area contributed by atoms with Crippen LogP contribution in [-0.2, 0) is 11.2 Å². The maximum atomic E-state index is 12.9. The Morgan fingerprint density at radius 3 is 2.62 bits per heavy atom. The maximum absolute atomic E-state index is 12.9. The van der Waals surface area contributed by atoms with Gasteiger partial charge < -0.3 is 15.5 Å². The van der Waals surface area contributed by atoms with Gasteiger partial charge in [0.15, 0.2) is 0 Å². The van der Waals surface area contributed by atoms with E-state index in [1.807, 2.05) is 35.7 Å². The van der Waals surface area contributed by atoms with E-state index in [1.54, 1.807) is 11.3 Å². The molecular formula is C23H31N3O2S. The fourth-order valence-corrected chi connectivity index (χ4v) is 4.19. The Kier molecular flexibility index (Phi) is 7.31. The van der Waals surface area contributed by atoms with Crippen LogP contribution in [0.1, 0.15) is 48.8 Å². The molecule has 0 spiro atoms. The van der Waals surface area contributed by atoms with Crippen LogP contribution < -0.4 is 15.5 Å². The number of piperidine rings is 1. The van der Waals surface area contributed by atoms with Crippen molar-refractivity contribution >= 4 is 34.5 Å². The van der Waals surface area contributed by atoms with Crippen LogP contribution in [0, 0.1) is 11.8 Å². The highest BCUT2D eigenvalue weighted by atomic mass is 32.1. The van der Waals surface area contributed by atoms with Crippen LogP contribution in [0.15, 0.2) is 35.7 Å². The van der Waals surface area contributed by atoms with E-state index in [2.05, 4.69) is 36.3 Å². The Hall–Kier alpha value is -2.34. The molecule has 1 fully saturated rings. The molecule has 2 N–H and O–H groups in total. The van der Waals surface area contributed by atoms with Gasteiger partial charge in [-0.2, -0.15) is 0 Å². The van der Waals surface area contributed by atoms with Gasteiger partial charge in [-0.1, -0.05) is 26.8 Å². The van der Waals surface area contributed by atoms with E-state index in [-0.39, 0.29) is 11.8 Å². The number of nitrogens with one attached hydrogen (secondary N) is 2. The van der Waals surface area contributed by atoms with Gasteiger partial charge in [-0.3, -0.25) is 9.59 Å². The van der Waals surface area contributed by atoms with Crippen molar-refractivity contribution in [2.75, 3.05) is 29.9 Å². The van der Waals surface area contributed by atoms with Gasteiger partial charge in [-0.15, -0.1) is 11.3 Å². The molecule has 29 heavy (non-hydrogen) atoms. The number of hydrogen-bond donors (Lipinski definition) is 2. The first-order valence-corrected chi connectivity index (χ1v) is 11.3. The smallest absolute Gasteiger partial charge is 0.253 e. The Morgan fingerprint density at radius 2 is 1.97 bits per heavy atom. The molecular weight excluding hydrogens is 382 g/mol. The molecule has 2 aromatic rings. The lowest BCUT2D eigenvalue weighted by Gasteiger charge is -2.33. The van der Waals surface area contributed by atoms with Crippen LogP contribution >= 0.6 is 11.3 Å². The van der Waals surface area contributed by atoms with Gasteiger partial charge in [0.25, 0.3) is 5.91 Å². The second-order valence-electron chi connectivity index (χ2n) is 8.31. The molecule has 6 heteroatoms. The van der Waals surface area contributed by atoms with E-state index in [9.17, 15) is 9.59 Å². The van der Waals surface area contributed by atoms with Gasteiger partial charge in [0, 0.05) is 35.9 Å². The molecule has 0 atom stereocenters. The van der Waals surface area contributed by atoms with E-state index >= 15 is 0 Å². The van der Waals surface area contributed by atoms with Crippen molar-refractivity contribution in [3.8, 4) is 0 Å². The van der Waals surface area contributed by atoms with Crippen LogP contribution in [0.5, 0.6) is 0 Å². The minimum Gasteiger partial charge on any atom is -0.371 e. The van der Waals surface area contributed by atoms with Crippen LogP contribution in [0.4, 0.5) is 11.4 Å². The number of carbonyl (C=O) groups excluding carboxylic acids is 2. The van der Waals surface area contributed by atoms with Crippen molar-refractivity contribution in [1.29, 1.82) is 0 Å². The average Bonchev–Trinajstić information content (AvgIpc) is 3.19. The zero-order valence-corrected chi connectivity index (χ0v) is 18.3. The van der Waals surface area contributed by atoms with Crippen molar-refractivity contribution in [3.63, 3.8) is 0 Å². The molecule has 0 saturated carbocycles. The number of amides is 2. The van der Waals surface area contributed by atoms with Gasteiger partial charge in [0.1, 0.15) is 0 Å². The third-order valence-corrected chi connectivity index (χ3v) is 6.11. The van der Waals surface area contributed by atoms with E-state index in [4.69, 9.17) is 0 Å². The fraction of sp³-hybridized carbons (Fsp3) is 0.478. The Balaban J connectivity index is 1.78. The van der Waals surface area contributed by atoms with E-state index in [0.717, 1.165) is 42.4 Å². The lowest BCUT2D eigenvalue weighted by Crippen LogP contribution is -2.35. The van der Waals surface area contributed by atoms with Crippen LogP contribution in [0.2, 0.25) is 0 Å². The predicted molar refractivity (Wildman–Crippen MR) is 121 cm³/mol. The quantitative estimate of drug-likeness (QED) is 0.700. The van der Waals surface area contributed by atoms with Crippen molar-refractivity contribution in [2.24, 2.45) is 11.8 Å². The zero-order valence-electron chi connectivity index (χ0n) is 17.5. The first-order valence-electron chi connectivity index (χ1n) is 10.4. The summed E-state index contributed by atoms with van der Waals surface area (Å²) in [4.78, 5) is 28.6. The molecule has 2 heterocycles. The Morgan fingerprint density at radius 1 is 1.21 bits per heavy atom. The molecule has 2 amide bonds. The number of carbonyl (C=O) groups is 2. The fourth-order valence-electron chi connectivity index (χ4n) is 3.49. The molecule has 3 rings (SSSR count). The molecule has 0 radical (unpaired) electrons. The summed E-state index contributed by atoms with van der Waals surface area (Å²) in [6, 6.07) is 9.59. The Labute approximate surface area is 177 Å². The summed E-state index contributed by atoms with van der Waals surface area (Å²) in [7, 11) is 0. The number of thiophene rings is 1. The van der Waals surface area contributed by atoms with Gasteiger partial charge in [-0.25, -0.2) is 0 Å². The van der Waals surface area contributed by atoms with E-state index in [1.165, 1.54) is 0 Å². The van der Waals surface area contributed by atoms with Crippen molar-refractivity contribution in [2.45, 2.75) is 40.0 Å². The van der Waals surface area contributed by atoms with E-state index in [0.29, 0.717) is 30.1 Å². The first-order chi connectivity index (χ1) is 13.9. The highest BCUT2D eigenvalue weighted by molar-refractivity contribution is 7.10. The molecule has 1 aliphatic rings. The zero-order chi connectivity index (χ0) is 20.8. The second-order valence-corrected chi connectivity index (χ2v) is 9.34. The standard InChI is InChI=1S/C23H31N3O2S/c1-16(2)15-24-23(28)20-13-18(25-22(27)14-19-5-4-12-29-19)6-7-21(20)26-10-8-17(3)9-11-26/h4-7,12-13,16-17H,8-11,14-15H2,1-3H3,(H,24,28)(H,25,27). The van der Waals surface area contributed by atoms with Crippen molar-refractivity contribution in [1.82, 2.24) is 5.32 Å². The summed E-state index contributed by atoms with van der Waals surface area (Å²) in [5, 5.41) is 7.94. The Bertz CT molecular complexity index is 825. The number of nitrogens with zero attached hydrogens (tertiary/aromatic N) is 1. The number of benzene rings is 1. The molecule has 0 aliphatic carbocycles. The normalized spacial score (nSPS) is 14.8. The van der Waals surface area contributed by atoms with Crippen molar-refractivity contribution < 1.29 is 9.59 Å². The highest BCUT2D eigenvalue weighted by Crippen LogP contribution is 2.29. The number of hydrogen-bond acceptors (Lipinski definition) is 4. The molecule has 1 aliphatic heterocycles. The summed E-state index contributed by atoms with van der Waals surface area (Å²) in [5.41, 5.74) is 2.25. The minimum absolute atomic E-state index is 0.0689. The summed E-state index contributed by atoms with van der Waals surface area (Å²) in [5.74, 6) is 0.953. The van der Waals surface area contributed by atoms with Gasteiger partial charge >= 0.3 is 0 Å². The van der Waals surface area contributed by atoms with Crippen LogP contribution in [0.25, 0.3) is 0 Å². The summed E-state index contributed by atoms with van der Waals surface area (Å²) < 4.78 is 0. The summed E-state index contributed by atoms with van der Waals surface area (Å²) >= 11 is 1.57. The second kappa shape index (κ2) is 9.92. The lowest BCUT2D eigenvalue weighted by atomic mass is 9.97. The molecule has 0 bridgehead atoms. The van der Waals surface area contributed by atoms with Gasteiger partial charge in [-0.05, 0) is 54.3 Å². The predicted octanol–water partition coefficient (Wildman–Crippen LogP) is 4.55. The minimum atomic E-state index is -0.0818. The van der Waals surface area contributed by atoms with Crippen molar-refractivity contribution in [3.05, 3.63) is 46.2 Å². The monoisotopic (exact) mass is 413 g/mol. The molecule has 1 aromatic carbocycles. The highest BCUT2D eigenvalue weighted by Gasteiger charge is 2.22. The molecule has 5 nitrogen and oxygen atoms in total. The SMILES string of the molecule is CC(C)CNC(=O)c1cc(NC(=O)Cc2cccs2)ccc1N1CCC(C)CC1. The average molecular weight is 414 g/mol. The van der Waals surface area contributed by atoms with E-state index < -0.39 is 0 Å². The third-order valence-electron chi connectivity index (χ3n) is 5.24. The lowest BCUT2D eigenvalue weighted by molar-refractivity contribution is -0.115. The number of rotatable bonds is 7. The molecule has 1 aromatic heterocycles.